The van der Waals surface area contributed by atoms with Crippen LogP contribution in [0.5, 0.6) is 5.75 Å². The number of aromatic amines is 1. The highest BCUT2D eigenvalue weighted by molar-refractivity contribution is 5.79. The maximum atomic E-state index is 13.9. The number of hydrogen-bond acceptors (Lipinski definition) is 6. The fourth-order valence-electron chi connectivity index (χ4n) is 4.92. The topological polar surface area (TPSA) is 104 Å². The zero-order valence-corrected chi connectivity index (χ0v) is 22.8. The van der Waals surface area contributed by atoms with E-state index in [4.69, 9.17) is 4.74 Å². The first-order valence-corrected chi connectivity index (χ1v) is 13.3. The van der Waals surface area contributed by atoms with E-state index in [1.807, 2.05) is 41.1 Å². The molecule has 9 nitrogen and oxygen atoms in total. The van der Waals surface area contributed by atoms with Crippen molar-refractivity contribution in [2.24, 2.45) is 0 Å². The van der Waals surface area contributed by atoms with Gasteiger partial charge in [-0.15, -0.1) is 5.10 Å². The predicted octanol–water partition coefficient (Wildman–Crippen LogP) is 5.40. The summed E-state index contributed by atoms with van der Waals surface area (Å²) < 4.78 is 9.35. The summed E-state index contributed by atoms with van der Waals surface area (Å²) >= 11 is 0. The van der Waals surface area contributed by atoms with Gasteiger partial charge in [-0.25, -0.2) is 9.89 Å². The summed E-state index contributed by atoms with van der Waals surface area (Å²) in [4.78, 5) is 18.2. The zero-order chi connectivity index (χ0) is 27.4. The normalized spacial score (nSPS) is 11.3. The molecule has 0 atom stereocenters. The third kappa shape index (κ3) is 5.25. The van der Waals surface area contributed by atoms with E-state index >= 15 is 0 Å². The molecule has 0 aliphatic carbocycles. The van der Waals surface area contributed by atoms with Crippen molar-refractivity contribution in [3.05, 3.63) is 94.4 Å². The van der Waals surface area contributed by atoms with Crippen molar-refractivity contribution in [1.82, 2.24) is 34.7 Å². The number of aryl methyl sites for hydroxylation is 1. The van der Waals surface area contributed by atoms with Crippen LogP contribution < -0.4 is 10.4 Å². The van der Waals surface area contributed by atoms with Crippen molar-refractivity contribution in [3.8, 4) is 34.0 Å². The van der Waals surface area contributed by atoms with E-state index in [1.165, 1.54) is 0 Å². The van der Waals surface area contributed by atoms with Crippen LogP contribution in [0.2, 0.25) is 0 Å². The Morgan fingerprint density at radius 2 is 1.87 bits per heavy atom. The van der Waals surface area contributed by atoms with Crippen LogP contribution in [0.25, 0.3) is 28.2 Å². The van der Waals surface area contributed by atoms with Gasteiger partial charge >= 0.3 is 5.69 Å². The van der Waals surface area contributed by atoms with Crippen LogP contribution in [0.4, 0.5) is 0 Å². The molecule has 3 aromatic heterocycles. The van der Waals surface area contributed by atoms with Gasteiger partial charge in [0.1, 0.15) is 5.75 Å². The molecule has 0 saturated carbocycles. The highest BCUT2D eigenvalue weighted by atomic mass is 16.5. The van der Waals surface area contributed by atoms with Gasteiger partial charge in [-0.05, 0) is 58.0 Å². The quantitative estimate of drug-likeness (QED) is 0.263. The van der Waals surface area contributed by atoms with Crippen LogP contribution in [0.15, 0.2) is 71.9 Å². The Balaban J connectivity index is 1.52. The minimum atomic E-state index is -0.0658. The standard InChI is InChI=1S/C30H33N7O2/c1-5-6-8-23-19-37(28-24(20(2)3)9-7-10-27(28)39-4)30(38)36(23)18-21-11-13-22(14-12-21)26-17-31-16-15-25(26)29-32-34-35-33-29/h7,9-17,19-20H,5-6,8,18H2,1-4H3,(H,32,33,34,35). The van der Waals surface area contributed by atoms with Crippen molar-refractivity contribution < 1.29 is 4.74 Å². The van der Waals surface area contributed by atoms with Crippen LogP contribution in [0.3, 0.4) is 0 Å². The molecular weight excluding hydrogens is 490 g/mol. The fraction of sp³-hybridized carbons (Fsp3) is 0.300. The highest BCUT2D eigenvalue weighted by Gasteiger charge is 2.20. The van der Waals surface area contributed by atoms with Gasteiger partial charge in [-0.3, -0.25) is 14.1 Å². The molecule has 0 fully saturated rings. The monoisotopic (exact) mass is 523 g/mol. The van der Waals surface area contributed by atoms with E-state index in [-0.39, 0.29) is 11.6 Å². The molecule has 0 aliphatic rings. The van der Waals surface area contributed by atoms with Gasteiger partial charge in [0.05, 0.1) is 19.3 Å². The number of para-hydroxylation sites is 1. The minimum absolute atomic E-state index is 0.0658. The van der Waals surface area contributed by atoms with Crippen LogP contribution in [-0.4, -0.2) is 41.9 Å². The molecule has 3 heterocycles. The summed E-state index contributed by atoms with van der Waals surface area (Å²) in [5, 5.41) is 14.3. The molecule has 0 bridgehead atoms. The first-order valence-electron chi connectivity index (χ1n) is 13.3. The number of unbranched alkanes of at least 4 members (excludes halogenated alkanes) is 1. The predicted molar refractivity (Wildman–Crippen MR) is 151 cm³/mol. The lowest BCUT2D eigenvalue weighted by atomic mass is 10.0. The maximum absolute atomic E-state index is 13.9. The number of H-pyrrole nitrogens is 1. The molecule has 5 rings (SSSR count). The number of ether oxygens (including phenoxy) is 1. The fourth-order valence-corrected chi connectivity index (χ4v) is 4.92. The van der Waals surface area contributed by atoms with E-state index in [0.717, 1.165) is 58.5 Å². The molecule has 0 aliphatic heterocycles. The van der Waals surface area contributed by atoms with Crippen molar-refractivity contribution in [2.45, 2.75) is 52.5 Å². The molecule has 0 amide bonds. The molecular formula is C30H33N7O2. The number of imidazole rings is 1. The first-order chi connectivity index (χ1) is 19.0. The van der Waals surface area contributed by atoms with Crippen molar-refractivity contribution in [3.63, 3.8) is 0 Å². The Morgan fingerprint density at radius 3 is 2.56 bits per heavy atom. The van der Waals surface area contributed by atoms with Gasteiger partial charge in [-0.2, -0.15) is 0 Å². The molecule has 9 heteroatoms. The van der Waals surface area contributed by atoms with E-state index in [2.05, 4.69) is 64.6 Å². The van der Waals surface area contributed by atoms with Crippen molar-refractivity contribution >= 4 is 0 Å². The van der Waals surface area contributed by atoms with Crippen LogP contribution in [0.1, 0.15) is 56.4 Å². The third-order valence-electron chi connectivity index (χ3n) is 6.99. The van der Waals surface area contributed by atoms with E-state index in [1.54, 1.807) is 24.1 Å². The molecule has 0 spiro atoms. The summed E-state index contributed by atoms with van der Waals surface area (Å²) in [6, 6.07) is 16.1. The smallest absolute Gasteiger partial charge is 0.333 e. The van der Waals surface area contributed by atoms with E-state index in [9.17, 15) is 4.79 Å². The van der Waals surface area contributed by atoms with Gasteiger partial charge in [0.2, 0.25) is 0 Å². The van der Waals surface area contributed by atoms with Gasteiger partial charge in [0.25, 0.3) is 0 Å². The average Bonchev–Trinajstić information content (AvgIpc) is 3.61. The van der Waals surface area contributed by atoms with Crippen LogP contribution in [0, 0.1) is 0 Å². The summed E-state index contributed by atoms with van der Waals surface area (Å²) in [5.41, 5.74) is 6.66. The zero-order valence-electron chi connectivity index (χ0n) is 22.8. The molecule has 0 unspecified atom stereocenters. The number of tetrazole rings is 1. The second-order valence-electron chi connectivity index (χ2n) is 9.88. The molecule has 0 radical (unpaired) electrons. The van der Waals surface area contributed by atoms with E-state index < -0.39 is 0 Å². The van der Waals surface area contributed by atoms with Gasteiger partial charge in [-0.1, -0.05) is 63.6 Å². The lowest BCUT2D eigenvalue weighted by molar-refractivity contribution is 0.411. The number of rotatable bonds is 10. The Morgan fingerprint density at radius 1 is 1.05 bits per heavy atom. The molecule has 2 aromatic carbocycles. The van der Waals surface area contributed by atoms with Crippen molar-refractivity contribution in [1.29, 1.82) is 0 Å². The third-order valence-corrected chi connectivity index (χ3v) is 6.99. The lowest BCUT2D eigenvalue weighted by Gasteiger charge is -2.16. The second-order valence-corrected chi connectivity index (χ2v) is 9.88. The summed E-state index contributed by atoms with van der Waals surface area (Å²) in [6.45, 7) is 6.90. The summed E-state index contributed by atoms with van der Waals surface area (Å²) in [7, 11) is 1.65. The summed E-state index contributed by atoms with van der Waals surface area (Å²) in [6.07, 6.45) is 8.40. The maximum Gasteiger partial charge on any atom is 0.333 e. The van der Waals surface area contributed by atoms with Crippen molar-refractivity contribution in [2.75, 3.05) is 7.11 Å². The number of aromatic nitrogens is 7. The highest BCUT2D eigenvalue weighted by Crippen LogP contribution is 2.32. The molecule has 0 saturated heterocycles. The van der Waals surface area contributed by atoms with Crippen LogP contribution >= 0.6 is 0 Å². The number of hydrogen-bond donors (Lipinski definition) is 1. The number of nitrogens with zero attached hydrogens (tertiary/aromatic N) is 6. The Kier molecular flexibility index (Phi) is 7.67. The van der Waals surface area contributed by atoms with Crippen LogP contribution in [-0.2, 0) is 13.0 Å². The molecule has 1 N–H and O–H groups in total. The van der Waals surface area contributed by atoms with E-state index in [0.29, 0.717) is 18.1 Å². The SMILES string of the molecule is CCCCc1cn(-c2c(OC)cccc2C(C)C)c(=O)n1Cc1ccc(-c2cnccc2-c2nnn[nH]2)cc1. The number of methoxy groups -OCH3 is 1. The van der Waals surface area contributed by atoms with Gasteiger partial charge in [0.15, 0.2) is 5.82 Å². The average molecular weight is 524 g/mol. The molecule has 39 heavy (non-hydrogen) atoms. The largest absolute Gasteiger partial charge is 0.495 e. The van der Waals surface area contributed by atoms with Gasteiger partial charge < -0.3 is 4.74 Å². The first kappa shape index (κ1) is 26.1. The molecule has 200 valence electrons. The number of nitrogens with one attached hydrogen (secondary N) is 1. The minimum Gasteiger partial charge on any atom is -0.495 e. The Hall–Kier alpha value is -4.53. The van der Waals surface area contributed by atoms with Gasteiger partial charge in [0, 0.05) is 35.4 Å². The Bertz CT molecular complexity index is 1600. The second kappa shape index (κ2) is 11.5. The molecule has 5 aromatic rings. The lowest BCUT2D eigenvalue weighted by Crippen LogP contribution is -2.25. The Labute approximate surface area is 227 Å². The number of pyridine rings is 1. The number of benzene rings is 2. The summed E-state index contributed by atoms with van der Waals surface area (Å²) in [5.74, 6) is 1.52.